The molecule has 2 fully saturated rings. The van der Waals surface area contributed by atoms with Crippen molar-refractivity contribution in [2.75, 3.05) is 25.0 Å². The van der Waals surface area contributed by atoms with Gasteiger partial charge in [0, 0.05) is 6.92 Å². The van der Waals surface area contributed by atoms with E-state index < -0.39 is 143 Å². The Bertz CT molecular complexity index is 1800. The Kier molecular flexibility index (Phi) is 21.7. The average molecular weight is 984 g/mol. The first-order valence-electron chi connectivity index (χ1n) is 21.0. The number of halogens is 3. The number of alkyl halides is 3. The SMILES string of the molecule is CC(=O)O[C@@H]1OC(COC(=O)C(C)(C)C)[C@@H](F)[C@H](OC(=O)C(C)(C)C)C1OC(=O)CCl.CC(C)(C)C(=O)OCC1O[C@@H](OCc2ccccc2)C(OC(=O)CCl)[C@@H](OC(=O)C(C)(C)C)[C@H]1O. The van der Waals surface area contributed by atoms with Crippen LogP contribution in [-0.4, -0.2) is 133 Å². The van der Waals surface area contributed by atoms with Crippen LogP contribution in [0.5, 0.6) is 0 Å². The maximum Gasteiger partial charge on any atom is 0.321 e. The first-order valence-corrected chi connectivity index (χ1v) is 22.1. The number of hydrogen-bond acceptors (Lipinski definition) is 18. The Morgan fingerprint density at radius 2 is 0.985 bits per heavy atom. The fourth-order valence-electron chi connectivity index (χ4n) is 5.41. The van der Waals surface area contributed by atoms with Gasteiger partial charge in [0.05, 0.1) is 28.3 Å². The molecule has 66 heavy (non-hydrogen) atoms. The van der Waals surface area contributed by atoms with Gasteiger partial charge in [-0.3, -0.25) is 33.6 Å². The van der Waals surface area contributed by atoms with Gasteiger partial charge in [0.2, 0.25) is 12.4 Å². The van der Waals surface area contributed by atoms with E-state index in [2.05, 4.69) is 0 Å². The molecular weight excluding hydrogens is 918 g/mol. The monoisotopic (exact) mass is 982 g/mol. The minimum atomic E-state index is -2.07. The minimum absolute atomic E-state index is 0.0744. The molecule has 10 atom stereocenters. The number of ether oxygens (including phenoxy) is 10. The zero-order valence-corrected chi connectivity index (χ0v) is 41.2. The molecular formula is C45H65Cl2FO18. The number of benzene rings is 1. The van der Waals surface area contributed by atoms with Gasteiger partial charge in [-0.1, -0.05) is 30.3 Å². The Morgan fingerprint density at radius 1 is 0.576 bits per heavy atom. The van der Waals surface area contributed by atoms with Crippen molar-refractivity contribution >= 4 is 65.0 Å². The zero-order valence-electron chi connectivity index (χ0n) is 39.7. The van der Waals surface area contributed by atoms with Crippen molar-refractivity contribution in [2.24, 2.45) is 21.7 Å². The first kappa shape index (κ1) is 58.0. The van der Waals surface area contributed by atoms with Crippen LogP contribution in [0, 0.1) is 21.7 Å². The number of carbonyl (C=O) groups excluding carboxylic acids is 7. The summed E-state index contributed by atoms with van der Waals surface area (Å²) in [4.78, 5) is 84.9. The number of esters is 7. The maximum atomic E-state index is 15.4. The van der Waals surface area contributed by atoms with E-state index >= 15 is 4.39 Å². The second kappa shape index (κ2) is 24.8. The molecule has 0 aliphatic carbocycles. The molecule has 2 saturated heterocycles. The number of aliphatic hydroxyl groups is 1. The summed E-state index contributed by atoms with van der Waals surface area (Å²) in [6.45, 7) is 19.8. The van der Waals surface area contributed by atoms with Crippen LogP contribution < -0.4 is 0 Å². The third kappa shape index (κ3) is 18.2. The van der Waals surface area contributed by atoms with E-state index in [1.165, 1.54) is 0 Å². The lowest BCUT2D eigenvalue weighted by Crippen LogP contribution is -2.62. The highest BCUT2D eigenvalue weighted by atomic mass is 35.5. The summed E-state index contributed by atoms with van der Waals surface area (Å²) >= 11 is 11.1. The summed E-state index contributed by atoms with van der Waals surface area (Å²) in [6, 6.07) is 9.17. The van der Waals surface area contributed by atoms with Crippen molar-refractivity contribution in [1.29, 1.82) is 0 Å². The van der Waals surface area contributed by atoms with Crippen molar-refractivity contribution in [2.45, 2.75) is 158 Å². The third-order valence-corrected chi connectivity index (χ3v) is 9.61. The minimum Gasteiger partial charge on any atom is -0.462 e. The highest BCUT2D eigenvalue weighted by Crippen LogP contribution is 2.33. The van der Waals surface area contributed by atoms with E-state index in [1.807, 2.05) is 30.3 Å². The molecule has 374 valence electrons. The highest BCUT2D eigenvalue weighted by Gasteiger charge is 2.54. The molecule has 0 saturated carbocycles. The van der Waals surface area contributed by atoms with Gasteiger partial charge in [0.25, 0.3) is 0 Å². The summed E-state index contributed by atoms with van der Waals surface area (Å²) in [5.74, 6) is -6.19. The first-order chi connectivity index (χ1) is 30.3. The smallest absolute Gasteiger partial charge is 0.321 e. The lowest BCUT2D eigenvalue weighted by atomic mass is 9.95. The van der Waals surface area contributed by atoms with Crippen LogP contribution in [0.2, 0.25) is 0 Å². The van der Waals surface area contributed by atoms with Crippen LogP contribution in [0.25, 0.3) is 0 Å². The van der Waals surface area contributed by atoms with Crippen molar-refractivity contribution in [1.82, 2.24) is 0 Å². The zero-order chi connectivity index (χ0) is 50.5. The fraction of sp³-hybridized carbons (Fsp3) is 0.711. The lowest BCUT2D eigenvalue weighted by molar-refractivity contribution is -0.310. The van der Waals surface area contributed by atoms with Gasteiger partial charge in [0.15, 0.2) is 30.8 Å². The maximum absolute atomic E-state index is 15.4. The van der Waals surface area contributed by atoms with E-state index in [9.17, 15) is 38.7 Å². The van der Waals surface area contributed by atoms with Crippen LogP contribution in [0.15, 0.2) is 30.3 Å². The second-order valence-corrected chi connectivity index (χ2v) is 20.1. The fourth-order valence-corrected chi connectivity index (χ4v) is 5.53. The normalized spacial score (nSPS) is 25.7. The summed E-state index contributed by atoms with van der Waals surface area (Å²) in [5, 5.41) is 11.0. The lowest BCUT2D eigenvalue weighted by Gasteiger charge is -2.43. The summed E-state index contributed by atoms with van der Waals surface area (Å²) < 4.78 is 69.4. The molecule has 2 aliphatic heterocycles. The van der Waals surface area contributed by atoms with Gasteiger partial charge < -0.3 is 52.5 Å². The van der Waals surface area contributed by atoms with Gasteiger partial charge >= 0.3 is 41.8 Å². The summed E-state index contributed by atoms with van der Waals surface area (Å²) in [7, 11) is 0. The Labute approximate surface area is 394 Å². The van der Waals surface area contributed by atoms with Gasteiger partial charge in [-0.05, 0) is 88.6 Å². The van der Waals surface area contributed by atoms with Crippen LogP contribution >= 0.6 is 23.2 Å². The molecule has 18 nitrogen and oxygen atoms in total. The van der Waals surface area contributed by atoms with E-state index in [1.54, 1.807) is 83.1 Å². The van der Waals surface area contributed by atoms with Crippen LogP contribution in [-0.2, 0) is 87.5 Å². The molecule has 2 aliphatic rings. The second-order valence-electron chi connectivity index (χ2n) is 19.5. The van der Waals surface area contributed by atoms with E-state index in [4.69, 9.17) is 70.6 Å². The summed E-state index contributed by atoms with van der Waals surface area (Å²) in [6.07, 6.45) is -15.0. The highest BCUT2D eigenvalue weighted by molar-refractivity contribution is 6.26. The Balaban J connectivity index is 0.000000457. The van der Waals surface area contributed by atoms with E-state index in [-0.39, 0.29) is 13.2 Å². The molecule has 4 unspecified atom stereocenters. The number of carbonyl (C=O) groups is 7. The largest absolute Gasteiger partial charge is 0.462 e. The molecule has 3 rings (SSSR count). The Hall–Kier alpha value is -4.14. The van der Waals surface area contributed by atoms with Crippen LogP contribution in [0.4, 0.5) is 4.39 Å². The predicted molar refractivity (Wildman–Crippen MR) is 232 cm³/mol. The number of rotatable bonds is 14. The predicted octanol–water partition coefficient (Wildman–Crippen LogP) is 5.30. The van der Waals surface area contributed by atoms with Crippen molar-refractivity contribution < 1.29 is 90.4 Å². The van der Waals surface area contributed by atoms with Crippen LogP contribution in [0.1, 0.15) is 95.6 Å². The molecule has 0 amide bonds. The molecule has 0 bridgehead atoms. The molecule has 0 aromatic heterocycles. The average Bonchev–Trinajstić information content (AvgIpc) is 3.21. The summed E-state index contributed by atoms with van der Waals surface area (Å²) in [5.41, 5.74) is -2.74. The van der Waals surface area contributed by atoms with Gasteiger partial charge in [-0.15, -0.1) is 23.2 Å². The molecule has 0 radical (unpaired) electrons. The van der Waals surface area contributed by atoms with Crippen molar-refractivity contribution in [3.8, 4) is 0 Å². The molecule has 2 heterocycles. The standard InChI is InChI=1S/C25H35ClO9.C20H30ClFO9/c1-24(2,3)22(29)32-14-16-18(28)19(35-23(30)25(4,5)6)20(34-17(27)12-26)21(33-16)31-13-15-10-8-7-9-11-15;1-10(23)28-16-15(30-12(24)8-21)14(31-18(26)20(5,6)7)13(22)11(29-16)9-27-17(25)19(2,3)4/h7-11,16,18-21,28H,12-14H2,1-6H3;11,13-16H,8-9H2,1-7H3/t16?,18-,19-,20?,21+;11?,13-,14+,15?,16-/m01/s1. The molecule has 0 spiro atoms. The van der Waals surface area contributed by atoms with Crippen molar-refractivity contribution in [3.05, 3.63) is 35.9 Å². The van der Waals surface area contributed by atoms with Gasteiger partial charge in [0.1, 0.15) is 43.3 Å². The van der Waals surface area contributed by atoms with E-state index in [0.717, 1.165) is 12.5 Å². The van der Waals surface area contributed by atoms with Crippen molar-refractivity contribution in [3.63, 3.8) is 0 Å². The van der Waals surface area contributed by atoms with Crippen LogP contribution in [0.3, 0.4) is 0 Å². The third-order valence-electron chi connectivity index (χ3n) is 9.17. The molecule has 1 aromatic rings. The molecule has 1 aromatic carbocycles. The molecule has 21 heteroatoms. The van der Waals surface area contributed by atoms with E-state index in [0.29, 0.717) is 0 Å². The molecule has 1 N–H and O–H groups in total. The number of aliphatic hydroxyl groups excluding tert-OH is 1. The Morgan fingerprint density at radius 3 is 1.41 bits per heavy atom. The quantitative estimate of drug-likeness (QED) is 0.142. The number of hydrogen-bond donors (Lipinski definition) is 1. The van der Waals surface area contributed by atoms with Gasteiger partial charge in [-0.2, -0.15) is 0 Å². The topological polar surface area (TPSA) is 232 Å². The van der Waals surface area contributed by atoms with Gasteiger partial charge in [-0.25, -0.2) is 4.39 Å².